The first kappa shape index (κ1) is 15.9. The molecule has 1 aromatic rings. The zero-order valence-electron chi connectivity index (χ0n) is 11.9. The molecule has 2 N–H and O–H groups in total. The number of rotatable bonds is 3. The molecule has 1 atom stereocenters. The number of carbonyl (C=O) groups is 2. The molecule has 1 aromatic carbocycles. The molecule has 1 amide bonds. The third-order valence-electron chi connectivity index (χ3n) is 2.31. The summed E-state index contributed by atoms with van der Waals surface area (Å²) in [6.45, 7) is 6.61. The number of esters is 1. The van der Waals surface area contributed by atoms with Gasteiger partial charge in [0.2, 0.25) is 0 Å². The Bertz CT molecular complexity index is 522. The molecule has 0 saturated heterocycles. The second-order valence-corrected chi connectivity index (χ2v) is 5.39. The quantitative estimate of drug-likeness (QED) is 0.832. The SMILES string of the molecule is C[C@H](NC(=O)c1ccc(F)cc1O)C(=O)OC(C)(C)C. The summed E-state index contributed by atoms with van der Waals surface area (Å²) in [5.74, 6) is -2.41. The van der Waals surface area contributed by atoms with Crippen LogP contribution >= 0.6 is 0 Å². The van der Waals surface area contributed by atoms with Crippen molar-refractivity contribution < 1.29 is 23.8 Å². The maximum Gasteiger partial charge on any atom is 0.328 e. The molecule has 0 aliphatic carbocycles. The molecular weight excluding hydrogens is 265 g/mol. The van der Waals surface area contributed by atoms with Crippen LogP contribution in [-0.4, -0.2) is 28.6 Å². The number of phenols is 1. The zero-order chi connectivity index (χ0) is 15.5. The molecule has 0 unspecified atom stereocenters. The van der Waals surface area contributed by atoms with E-state index in [9.17, 15) is 19.1 Å². The third kappa shape index (κ3) is 4.53. The van der Waals surface area contributed by atoms with Gasteiger partial charge in [0.25, 0.3) is 5.91 Å². The number of phenolic OH excluding ortho intramolecular Hbond substituents is 1. The van der Waals surface area contributed by atoms with Crippen LogP contribution in [0.3, 0.4) is 0 Å². The van der Waals surface area contributed by atoms with Crippen molar-refractivity contribution in [3.8, 4) is 5.75 Å². The van der Waals surface area contributed by atoms with Gasteiger partial charge in [-0.3, -0.25) is 4.79 Å². The highest BCUT2D eigenvalue weighted by Crippen LogP contribution is 2.18. The first-order chi connectivity index (χ1) is 9.10. The highest BCUT2D eigenvalue weighted by Gasteiger charge is 2.24. The van der Waals surface area contributed by atoms with Gasteiger partial charge < -0.3 is 15.2 Å². The topological polar surface area (TPSA) is 75.6 Å². The van der Waals surface area contributed by atoms with Gasteiger partial charge in [-0.1, -0.05) is 0 Å². The summed E-state index contributed by atoms with van der Waals surface area (Å²) in [6, 6.07) is 2.13. The van der Waals surface area contributed by atoms with E-state index in [1.54, 1.807) is 20.8 Å². The standard InChI is InChI=1S/C14H18FNO4/c1-8(13(19)20-14(2,3)4)16-12(18)10-6-5-9(15)7-11(10)17/h5-8,17H,1-4H3,(H,16,18)/t8-/m0/s1. The molecule has 0 heterocycles. The van der Waals surface area contributed by atoms with E-state index in [4.69, 9.17) is 4.74 Å². The van der Waals surface area contributed by atoms with E-state index in [0.717, 1.165) is 18.2 Å². The predicted molar refractivity (Wildman–Crippen MR) is 70.8 cm³/mol. The minimum Gasteiger partial charge on any atom is -0.507 e. The number of ether oxygens (including phenoxy) is 1. The monoisotopic (exact) mass is 283 g/mol. The molecule has 110 valence electrons. The van der Waals surface area contributed by atoms with Crippen LogP contribution in [0.25, 0.3) is 0 Å². The Kier molecular flexibility index (Phi) is 4.70. The maximum atomic E-state index is 12.8. The van der Waals surface area contributed by atoms with E-state index >= 15 is 0 Å². The van der Waals surface area contributed by atoms with Crippen molar-refractivity contribution in [2.75, 3.05) is 0 Å². The largest absolute Gasteiger partial charge is 0.507 e. The third-order valence-corrected chi connectivity index (χ3v) is 2.31. The van der Waals surface area contributed by atoms with Gasteiger partial charge >= 0.3 is 5.97 Å². The molecule has 0 fully saturated rings. The van der Waals surface area contributed by atoms with Gasteiger partial charge in [0.05, 0.1) is 5.56 Å². The van der Waals surface area contributed by atoms with Crippen molar-refractivity contribution >= 4 is 11.9 Å². The van der Waals surface area contributed by atoms with Crippen LogP contribution in [0, 0.1) is 5.82 Å². The van der Waals surface area contributed by atoms with Crippen molar-refractivity contribution in [1.29, 1.82) is 0 Å². The number of hydrogen-bond donors (Lipinski definition) is 2. The Balaban J connectivity index is 2.73. The molecule has 1 rings (SSSR count). The fourth-order valence-electron chi connectivity index (χ4n) is 1.42. The molecule has 20 heavy (non-hydrogen) atoms. The van der Waals surface area contributed by atoms with Gasteiger partial charge in [0.15, 0.2) is 0 Å². The summed E-state index contributed by atoms with van der Waals surface area (Å²) >= 11 is 0. The van der Waals surface area contributed by atoms with Gasteiger partial charge in [-0.25, -0.2) is 9.18 Å². The van der Waals surface area contributed by atoms with Crippen molar-refractivity contribution in [2.24, 2.45) is 0 Å². The van der Waals surface area contributed by atoms with E-state index < -0.39 is 35.1 Å². The van der Waals surface area contributed by atoms with Crippen LogP contribution in [0.2, 0.25) is 0 Å². The number of amides is 1. The summed E-state index contributed by atoms with van der Waals surface area (Å²) in [6.07, 6.45) is 0. The molecule has 5 nitrogen and oxygen atoms in total. The minimum atomic E-state index is -0.883. The summed E-state index contributed by atoms with van der Waals surface area (Å²) in [5.41, 5.74) is -0.768. The van der Waals surface area contributed by atoms with Gasteiger partial charge in [-0.05, 0) is 39.8 Å². The lowest BCUT2D eigenvalue weighted by Crippen LogP contribution is -2.42. The maximum absolute atomic E-state index is 12.8. The Morgan fingerprint density at radius 2 is 1.95 bits per heavy atom. The second-order valence-electron chi connectivity index (χ2n) is 5.39. The van der Waals surface area contributed by atoms with Crippen molar-refractivity contribution in [3.05, 3.63) is 29.6 Å². The van der Waals surface area contributed by atoms with Gasteiger partial charge in [0.1, 0.15) is 23.2 Å². The second kappa shape index (κ2) is 5.90. The number of halogens is 1. The van der Waals surface area contributed by atoms with Crippen molar-refractivity contribution in [2.45, 2.75) is 39.3 Å². The molecular formula is C14H18FNO4. The number of nitrogens with one attached hydrogen (secondary N) is 1. The van der Waals surface area contributed by atoms with Crippen LogP contribution in [0.4, 0.5) is 4.39 Å². The average molecular weight is 283 g/mol. The molecule has 0 bridgehead atoms. The summed E-state index contributed by atoms with van der Waals surface area (Å²) in [5, 5.41) is 11.9. The Morgan fingerprint density at radius 3 is 2.45 bits per heavy atom. The van der Waals surface area contributed by atoms with Crippen LogP contribution < -0.4 is 5.32 Å². The zero-order valence-corrected chi connectivity index (χ0v) is 11.9. The first-order valence-electron chi connectivity index (χ1n) is 6.12. The minimum absolute atomic E-state index is 0.109. The number of hydrogen-bond acceptors (Lipinski definition) is 4. The van der Waals surface area contributed by atoms with E-state index in [0.29, 0.717) is 0 Å². The Hall–Kier alpha value is -2.11. The van der Waals surface area contributed by atoms with E-state index in [1.807, 2.05) is 0 Å². The van der Waals surface area contributed by atoms with Crippen LogP contribution in [0.1, 0.15) is 38.1 Å². The summed E-state index contributed by atoms with van der Waals surface area (Å²) in [4.78, 5) is 23.6. The van der Waals surface area contributed by atoms with E-state index in [1.165, 1.54) is 6.92 Å². The van der Waals surface area contributed by atoms with Crippen molar-refractivity contribution in [3.63, 3.8) is 0 Å². The molecule has 0 aliphatic rings. The highest BCUT2D eigenvalue weighted by atomic mass is 19.1. The van der Waals surface area contributed by atoms with E-state index in [-0.39, 0.29) is 5.56 Å². The fourth-order valence-corrected chi connectivity index (χ4v) is 1.42. The molecule has 0 radical (unpaired) electrons. The number of carbonyl (C=O) groups excluding carboxylic acids is 2. The van der Waals surface area contributed by atoms with Crippen LogP contribution in [-0.2, 0) is 9.53 Å². The lowest BCUT2D eigenvalue weighted by atomic mass is 10.1. The Labute approximate surface area is 116 Å². The van der Waals surface area contributed by atoms with Gasteiger partial charge in [-0.15, -0.1) is 0 Å². The predicted octanol–water partition coefficient (Wildman–Crippen LogP) is 1.99. The van der Waals surface area contributed by atoms with Crippen LogP contribution in [0.15, 0.2) is 18.2 Å². The first-order valence-corrected chi connectivity index (χ1v) is 6.12. The number of benzene rings is 1. The lowest BCUT2D eigenvalue weighted by Gasteiger charge is -2.22. The molecule has 6 heteroatoms. The molecule has 0 aliphatic heterocycles. The highest BCUT2D eigenvalue weighted by molar-refractivity contribution is 5.98. The normalized spacial score (nSPS) is 12.7. The Morgan fingerprint density at radius 1 is 1.35 bits per heavy atom. The summed E-state index contributed by atoms with van der Waals surface area (Å²) < 4.78 is 17.9. The van der Waals surface area contributed by atoms with Gasteiger partial charge in [0, 0.05) is 6.07 Å². The van der Waals surface area contributed by atoms with Gasteiger partial charge in [-0.2, -0.15) is 0 Å². The fraction of sp³-hybridized carbons (Fsp3) is 0.429. The van der Waals surface area contributed by atoms with E-state index in [2.05, 4.69) is 5.32 Å². The van der Waals surface area contributed by atoms with Crippen LogP contribution in [0.5, 0.6) is 5.75 Å². The number of aromatic hydroxyl groups is 1. The lowest BCUT2D eigenvalue weighted by molar-refractivity contribution is -0.156. The molecule has 0 aromatic heterocycles. The molecule has 0 saturated carbocycles. The smallest absolute Gasteiger partial charge is 0.328 e. The molecule has 0 spiro atoms. The summed E-state index contributed by atoms with van der Waals surface area (Å²) in [7, 11) is 0. The average Bonchev–Trinajstić information content (AvgIpc) is 2.26. The van der Waals surface area contributed by atoms with Crippen molar-refractivity contribution in [1.82, 2.24) is 5.32 Å².